The first kappa shape index (κ1) is 13.8. The van der Waals surface area contributed by atoms with Gasteiger partial charge in [0.05, 0.1) is 10.6 Å². The van der Waals surface area contributed by atoms with Crippen molar-refractivity contribution in [3.8, 4) is 0 Å². The van der Waals surface area contributed by atoms with Gasteiger partial charge in [0, 0.05) is 12.7 Å². The molecule has 1 aliphatic carbocycles. The van der Waals surface area contributed by atoms with Crippen LogP contribution in [0.15, 0.2) is 41.3 Å². The van der Waals surface area contributed by atoms with Gasteiger partial charge in [0.25, 0.3) is 0 Å². The molecule has 1 atom stereocenters. The van der Waals surface area contributed by atoms with Gasteiger partial charge in [-0.1, -0.05) is 24.3 Å². The zero-order valence-electron chi connectivity index (χ0n) is 10.8. The van der Waals surface area contributed by atoms with Crippen LogP contribution in [0.4, 0.5) is 5.69 Å². The molecule has 102 valence electrons. The van der Waals surface area contributed by atoms with Crippen LogP contribution in [0.1, 0.15) is 19.3 Å². The number of carbonyl (C=O) groups is 1. The summed E-state index contributed by atoms with van der Waals surface area (Å²) >= 11 is 0. The summed E-state index contributed by atoms with van der Waals surface area (Å²) in [5.74, 6) is 0.123. The number of hydrogen-bond acceptors (Lipinski definition) is 3. The van der Waals surface area contributed by atoms with Crippen LogP contribution in [0.25, 0.3) is 0 Å². The third kappa shape index (κ3) is 3.67. The second kappa shape index (κ2) is 5.57. The smallest absolute Gasteiger partial charge is 0.224 e. The number of amides is 1. The number of sulfone groups is 1. The number of para-hydroxylation sites is 1. The molecule has 2 rings (SSSR count). The monoisotopic (exact) mass is 279 g/mol. The topological polar surface area (TPSA) is 63.2 Å². The SMILES string of the molecule is CS(=O)(=O)c1ccccc1NC(=O)C[C@@H]1C=CCC1. The van der Waals surface area contributed by atoms with Crippen molar-refractivity contribution in [1.82, 2.24) is 0 Å². The van der Waals surface area contributed by atoms with Gasteiger partial charge < -0.3 is 5.32 Å². The Balaban J connectivity index is 2.10. The Morgan fingerprint density at radius 3 is 2.74 bits per heavy atom. The summed E-state index contributed by atoms with van der Waals surface area (Å²) in [4.78, 5) is 12.1. The van der Waals surface area contributed by atoms with Crippen LogP contribution in [-0.2, 0) is 14.6 Å². The maximum Gasteiger partial charge on any atom is 0.224 e. The molecule has 1 aromatic rings. The molecule has 0 saturated carbocycles. The van der Waals surface area contributed by atoms with E-state index < -0.39 is 9.84 Å². The van der Waals surface area contributed by atoms with E-state index in [1.165, 1.54) is 6.07 Å². The molecule has 0 bridgehead atoms. The standard InChI is InChI=1S/C14H17NO3S/c1-19(17,18)13-9-5-4-8-12(13)15-14(16)10-11-6-2-3-7-11/h2,4-6,8-9,11H,3,7,10H2,1H3,(H,15,16)/t11-/m1/s1. The van der Waals surface area contributed by atoms with Gasteiger partial charge in [0.2, 0.25) is 5.91 Å². The maximum atomic E-state index is 11.9. The Hall–Kier alpha value is -1.62. The lowest BCUT2D eigenvalue weighted by Gasteiger charge is -2.11. The van der Waals surface area contributed by atoms with Gasteiger partial charge >= 0.3 is 0 Å². The summed E-state index contributed by atoms with van der Waals surface area (Å²) in [6.45, 7) is 0. The van der Waals surface area contributed by atoms with Gasteiger partial charge in [-0.15, -0.1) is 0 Å². The van der Waals surface area contributed by atoms with Crippen LogP contribution >= 0.6 is 0 Å². The van der Waals surface area contributed by atoms with E-state index in [0.717, 1.165) is 19.1 Å². The molecular formula is C14H17NO3S. The number of carbonyl (C=O) groups excluding carboxylic acids is 1. The lowest BCUT2D eigenvalue weighted by molar-refractivity contribution is -0.116. The van der Waals surface area contributed by atoms with Crippen molar-refractivity contribution in [1.29, 1.82) is 0 Å². The van der Waals surface area contributed by atoms with Crippen molar-refractivity contribution in [2.75, 3.05) is 11.6 Å². The van der Waals surface area contributed by atoms with Gasteiger partial charge in [0.1, 0.15) is 0 Å². The molecule has 0 spiro atoms. The van der Waals surface area contributed by atoms with E-state index in [1.807, 2.05) is 6.08 Å². The molecule has 1 aromatic carbocycles. The number of allylic oxidation sites excluding steroid dienone is 2. The fourth-order valence-electron chi connectivity index (χ4n) is 2.20. The van der Waals surface area contributed by atoms with Gasteiger partial charge in [-0.25, -0.2) is 8.42 Å². The lowest BCUT2D eigenvalue weighted by atomic mass is 10.1. The summed E-state index contributed by atoms with van der Waals surface area (Å²) in [6.07, 6.45) is 7.65. The predicted octanol–water partition coefficient (Wildman–Crippen LogP) is 2.38. The first-order valence-corrected chi connectivity index (χ1v) is 8.11. The highest BCUT2D eigenvalue weighted by Gasteiger charge is 2.17. The van der Waals surface area contributed by atoms with Gasteiger partial charge in [0.15, 0.2) is 9.84 Å². The summed E-state index contributed by atoms with van der Waals surface area (Å²) in [6, 6.07) is 6.46. The number of anilines is 1. The Morgan fingerprint density at radius 1 is 1.37 bits per heavy atom. The van der Waals surface area contributed by atoms with Crippen molar-refractivity contribution >= 4 is 21.4 Å². The Labute approximate surface area is 113 Å². The predicted molar refractivity (Wildman–Crippen MR) is 74.7 cm³/mol. The second-order valence-electron chi connectivity index (χ2n) is 4.79. The minimum atomic E-state index is -3.34. The van der Waals surface area contributed by atoms with Crippen LogP contribution in [0.3, 0.4) is 0 Å². The Bertz CT molecular complexity index is 605. The van der Waals surface area contributed by atoms with E-state index in [-0.39, 0.29) is 16.7 Å². The minimum Gasteiger partial charge on any atom is -0.325 e. The van der Waals surface area contributed by atoms with E-state index in [9.17, 15) is 13.2 Å². The molecule has 0 heterocycles. The van der Waals surface area contributed by atoms with Gasteiger partial charge in [-0.2, -0.15) is 0 Å². The summed E-state index contributed by atoms with van der Waals surface area (Å²) in [5, 5.41) is 2.69. The fourth-order valence-corrected chi connectivity index (χ4v) is 3.04. The first-order valence-electron chi connectivity index (χ1n) is 6.22. The third-order valence-electron chi connectivity index (χ3n) is 3.12. The highest BCUT2D eigenvalue weighted by molar-refractivity contribution is 7.90. The first-order chi connectivity index (χ1) is 8.97. The average Bonchev–Trinajstić information content (AvgIpc) is 2.81. The van der Waals surface area contributed by atoms with E-state index in [2.05, 4.69) is 11.4 Å². The van der Waals surface area contributed by atoms with Crippen LogP contribution < -0.4 is 5.32 Å². The molecule has 0 radical (unpaired) electrons. The second-order valence-corrected chi connectivity index (χ2v) is 6.77. The van der Waals surface area contributed by atoms with E-state index >= 15 is 0 Å². The minimum absolute atomic E-state index is 0.146. The highest BCUT2D eigenvalue weighted by Crippen LogP contribution is 2.23. The van der Waals surface area contributed by atoms with Crippen LogP contribution in [0, 0.1) is 5.92 Å². The molecule has 0 saturated heterocycles. The summed E-state index contributed by atoms with van der Waals surface area (Å²) < 4.78 is 23.2. The molecular weight excluding hydrogens is 262 g/mol. The zero-order valence-corrected chi connectivity index (χ0v) is 11.6. The van der Waals surface area contributed by atoms with Crippen molar-refractivity contribution in [2.24, 2.45) is 5.92 Å². The molecule has 0 unspecified atom stereocenters. The van der Waals surface area contributed by atoms with E-state index in [4.69, 9.17) is 0 Å². The molecule has 4 nitrogen and oxygen atoms in total. The largest absolute Gasteiger partial charge is 0.325 e. The highest BCUT2D eigenvalue weighted by atomic mass is 32.2. The van der Waals surface area contributed by atoms with Crippen molar-refractivity contribution < 1.29 is 13.2 Å². The van der Waals surface area contributed by atoms with Crippen LogP contribution in [-0.4, -0.2) is 20.6 Å². The maximum absolute atomic E-state index is 11.9. The van der Waals surface area contributed by atoms with Gasteiger partial charge in [-0.3, -0.25) is 4.79 Å². The number of rotatable bonds is 4. The van der Waals surface area contributed by atoms with Crippen LogP contribution in [0.5, 0.6) is 0 Å². The molecule has 1 N–H and O–H groups in total. The Kier molecular flexibility index (Phi) is 4.04. The number of hydrogen-bond donors (Lipinski definition) is 1. The summed E-state index contributed by atoms with van der Waals surface area (Å²) in [7, 11) is -3.34. The van der Waals surface area contributed by atoms with Crippen molar-refractivity contribution in [3.05, 3.63) is 36.4 Å². The lowest BCUT2D eigenvalue weighted by Crippen LogP contribution is -2.16. The average molecular weight is 279 g/mol. The number of nitrogens with one attached hydrogen (secondary N) is 1. The van der Waals surface area contributed by atoms with E-state index in [1.54, 1.807) is 18.2 Å². The molecule has 5 heteroatoms. The molecule has 0 fully saturated rings. The molecule has 0 aromatic heterocycles. The quantitative estimate of drug-likeness (QED) is 0.861. The third-order valence-corrected chi connectivity index (χ3v) is 4.28. The fraction of sp³-hybridized carbons (Fsp3) is 0.357. The normalized spacial score (nSPS) is 18.5. The molecule has 1 aliphatic rings. The van der Waals surface area contributed by atoms with Gasteiger partial charge in [-0.05, 0) is 30.9 Å². The molecule has 0 aliphatic heterocycles. The van der Waals surface area contributed by atoms with Crippen molar-refractivity contribution in [2.45, 2.75) is 24.2 Å². The molecule has 19 heavy (non-hydrogen) atoms. The molecule has 1 amide bonds. The zero-order chi connectivity index (χ0) is 13.9. The Morgan fingerprint density at radius 2 is 2.11 bits per heavy atom. The summed E-state index contributed by atoms with van der Waals surface area (Å²) in [5.41, 5.74) is 0.358. The number of benzene rings is 1. The van der Waals surface area contributed by atoms with Crippen LogP contribution in [0.2, 0.25) is 0 Å². The van der Waals surface area contributed by atoms with Crippen molar-refractivity contribution in [3.63, 3.8) is 0 Å². The van der Waals surface area contributed by atoms with E-state index in [0.29, 0.717) is 12.1 Å².